The molecule has 88 valence electrons. The van der Waals surface area contributed by atoms with Crippen LogP contribution in [0.15, 0.2) is 24.3 Å². The number of rotatable bonds is 3. The number of aromatic nitrogens is 2. The summed E-state index contributed by atoms with van der Waals surface area (Å²) in [6.45, 7) is 0. The van der Waals surface area contributed by atoms with Crippen LogP contribution >= 0.6 is 23.2 Å². The van der Waals surface area contributed by atoms with Gasteiger partial charge in [0, 0.05) is 22.7 Å². The number of aromatic amines is 1. The molecule has 1 aromatic heterocycles. The molecule has 0 saturated heterocycles. The predicted octanol–water partition coefficient (Wildman–Crippen LogP) is 3.96. The molecule has 0 unspecified atom stereocenters. The summed E-state index contributed by atoms with van der Waals surface area (Å²) in [7, 11) is 0. The first-order valence-corrected chi connectivity index (χ1v) is 6.25. The molecule has 0 aliphatic heterocycles. The standard InChI is InChI=1S/C12H11Cl2N3/c13-7-1-4-9(10(14)5-7)11-6-12(17-16-11)15-8-2-3-8/h1,4-6,8H,2-3H2,(H2,15,16,17). The van der Waals surface area contributed by atoms with Crippen LogP contribution in [-0.2, 0) is 0 Å². The van der Waals surface area contributed by atoms with Gasteiger partial charge in [0.25, 0.3) is 0 Å². The molecule has 3 nitrogen and oxygen atoms in total. The second kappa shape index (κ2) is 4.24. The van der Waals surface area contributed by atoms with Gasteiger partial charge < -0.3 is 5.32 Å². The molecule has 0 spiro atoms. The van der Waals surface area contributed by atoms with Crippen molar-refractivity contribution in [3.8, 4) is 11.3 Å². The van der Waals surface area contributed by atoms with Gasteiger partial charge in [0.05, 0.1) is 10.7 Å². The van der Waals surface area contributed by atoms with Gasteiger partial charge in [0.1, 0.15) is 5.82 Å². The predicted molar refractivity (Wildman–Crippen MR) is 70.7 cm³/mol. The van der Waals surface area contributed by atoms with Crippen LogP contribution in [0.4, 0.5) is 5.82 Å². The minimum absolute atomic E-state index is 0.590. The molecule has 0 amide bonds. The van der Waals surface area contributed by atoms with Crippen LogP contribution in [0, 0.1) is 0 Å². The highest BCUT2D eigenvalue weighted by Crippen LogP contribution is 2.31. The highest BCUT2D eigenvalue weighted by atomic mass is 35.5. The normalized spacial score (nSPS) is 14.9. The van der Waals surface area contributed by atoms with Crippen LogP contribution in [0.3, 0.4) is 0 Å². The minimum Gasteiger partial charge on any atom is -0.366 e. The summed E-state index contributed by atoms with van der Waals surface area (Å²) in [4.78, 5) is 0. The Morgan fingerprint density at radius 2 is 2.06 bits per heavy atom. The average Bonchev–Trinajstić information content (AvgIpc) is 2.96. The third-order valence-corrected chi connectivity index (χ3v) is 3.28. The van der Waals surface area contributed by atoms with Gasteiger partial charge in [-0.05, 0) is 31.0 Å². The summed E-state index contributed by atoms with van der Waals surface area (Å²) < 4.78 is 0. The zero-order valence-electron chi connectivity index (χ0n) is 9.00. The average molecular weight is 268 g/mol. The van der Waals surface area contributed by atoms with Crippen LogP contribution in [-0.4, -0.2) is 16.2 Å². The summed E-state index contributed by atoms with van der Waals surface area (Å²) >= 11 is 12.0. The lowest BCUT2D eigenvalue weighted by Crippen LogP contribution is -2.00. The van der Waals surface area contributed by atoms with E-state index < -0.39 is 0 Å². The first kappa shape index (κ1) is 10.9. The molecule has 2 aromatic rings. The number of anilines is 1. The maximum Gasteiger partial charge on any atom is 0.148 e. The van der Waals surface area contributed by atoms with E-state index in [2.05, 4.69) is 15.5 Å². The van der Waals surface area contributed by atoms with Gasteiger partial charge in [-0.1, -0.05) is 23.2 Å². The number of H-pyrrole nitrogens is 1. The van der Waals surface area contributed by atoms with E-state index in [1.165, 1.54) is 12.8 Å². The Bertz CT molecular complexity index is 546. The Morgan fingerprint density at radius 1 is 1.24 bits per heavy atom. The zero-order chi connectivity index (χ0) is 11.8. The molecule has 3 rings (SSSR count). The lowest BCUT2D eigenvalue weighted by molar-refractivity contribution is 1.05. The summed E-state index contributed by atoms with van der Waals surface area (Å²) in [6.07, 6.45) is 2.45. The number of halogens is 2. The molecule has 1 aliphatic rings. The van der Waals surface area contributed by atoms with Crippen LogP contribution < -0.4 is 5.32 Å². The van der Waals surface area contributed by atoms with E-state index >= 15 is 0 Å². The quantitative estimate of drug-likeness (QED) is 0.884. The Hall–Kier alpha value is -1.19. The fourth-order valence-electron chi connectivity index (χ4n) is 1.68. The SMILES string of the molecule is Clc1ccc(-c2cc(NC3CC3)n[nH]2)c(Cl)c1. The summed E-state index contributed by atoms with van der Waals surface area (Å²) in [5.74, 6) is 0.869. The first-order chi connectivity index (χ1) is 8.22. The van der Waals surface area contributed by atoms with Gasteiger partial charge >= 0.3 is 0 Å². The van der Waals surface area contributed by atoms with Crippen molar-refractivity contribution in [1.82, 2.24) is 10.2 Å². The van der Waals surface area contributed by atoms with Crippen LogP contribution in [0.2, 0.25) is 10.0 Å². The van der Waals surface area contributed by atoms with Gasteiger partial charge in [-0.3, -0.25) is 5.10 Å². The number of nitrogens with one attached hydrogen (secondary N) is 2. The summed E-state index contributed by atoms with van der Waals surface area (Å²) in [5, 5.41) is 11.8. The highest BCUT2D eigenvalue weighted by Gasteiger charge is 2.21. The topological polar surface area (TPSA) is 40.7 Å². The Kier molecular flexibility index (Phi) is 2.73. The van der Waals surface area contributed by atoms with Gasteiger partial charge in [-0.15, -0.1) is 0 Å². The monoisotopic (exact) mass is 267 g/mol. The third-order valence-electron chi connectivity index (χ3n) is 2.73. The molecule has 17 heavy (non-hydrogen) atoms. The van der Waals surface area contributed by atoms with Crippen molar-refractivity contribution in [1.29, 1.82) is 0 Å². The molecular weight excluding hydrogens is 257 g/mol. The zero-order valence-corrected chi connectivity index (χ0v) is 10.5. The van der Waals surface area contributed by atoms with E-state index in [0.29, 0.717) is 16.1 Å². The number of hydrogen-bond donors (Lipinski definition) is 2. The fraction of sp³-hybridized carbons (Fsp3) is 0.250. The maximum atomic E-state index is 6.14. The van der Waals surface area contributed by atoms with Gasteiger partial charge in [-0.25, -0.2) is 0 Å². The molecule has 1 aromatic carbocycles. The van der Waals surface area contributed by atoms with Crippen LogP contribution in [0.5, 0.6) is 0 Å². The van der Waals surface area contributed by atoms with E-state index in [0.717, 1.165) is 17.1 Å². The van der Waals surface area contributed by atoms with E-state index in [4.69, 9.17) is 23.2 Å². The van der Waals surface area contributed by atoms with Crippen molar-refractivity contribution in [2.75, 3.05) is 5.32 Å². The third kappa shape index (κ3) is 2.40. The fourth-order valence-corrected chi connectivity index (χ4v) is 2.19. The molecular formula is C12H11Cl2N3. The van der Waals surface area contributed by atoms with Crippen molar-refractivity contribution in [2.24, 2.45) is 0 Å². The van der Waals surface area contributed by atoms with E-state index in [1.807, 2.05) is 18.2 Å². The molecule has 0 atom stereocenters. The van der Waals surface area contributed by atoms with Crippen molar-refractivity contribution in [2.45, 2.75) is 18.9 Å². The van der Waals surface area contributed by atoms with Crippen LogP contribution in [0.25, 0.3) is 11.3 Å². The van der Waals surface area contributed by atoms with Crippen molar-refractivity contribution in [3.63, 3.8) is 0 Å². The smallest absolute Gasteiger partial charge is 0.148 e. The molecule has 1 saturated carbocycles. The van der Waals surface area contributed by atoms with E-state index in [9.17, 15) is 0 Å². The van der Waals surface area contributed by atoms with Crippen LogP contribution in [0.1, 0.15) is 12.8 Å². The Balaban J connectivity index is 1.89. The Labute approximate surface area is 109 Å². The summed E-state index contributed by atoms with van der Waals surface area (Å²) in [5.41, 5.74) is 1.81. The van der Waals surface area contributed by atoms with Crippen molar-refractivity contribution in [3.05, 3.63) is 34.3 Å². The second-order valence-electron chi connectivity index (χ2n) is 4.21. The molecule has 0 radical (unpaired) electrons. The van der Waals surface area contributed by atoms with E-state index in [-0.39, 0.29) is 0 Å². The lowest BCUT2D eigenvalue weighted by Gasteiger charge is -2.01. The molecule has 1 heterocycles. The summed E-state index contributed by atoms with van der Waals surface area (Å²) in [6, 6.07) is 7.99. The Morgan fingerprint density at radius 3 is 2.76 bits per heavy atom. The number of hydrogen-bond acceptors (Lipinski definition) is 2. The van der Waals surface area contributed by atoms with Crippen molar-refractivity contribution < 1.29 is 0 Å². The lowest BCUT2D eigenvalue weighted by atomic mass is 10.1. The number of nitrogens with zero attached hydrogens (tertiary/aromatic N) is 1. The van der Waals surface area contributed by atoms with E-state index in [1.54, 1.807) is 6.07 Å². The highest BCUT2D eigenvalue weighted by molar-refractivity contribution is 6.36. The van der Waals surface area contributed by atoms with Crippen molar-refractivity contribution >= 4 is 29.0 Å². The van der Waals surface area contributed by atoms with Gasteiger partial charge in [-0.2, -0.15) is 5.10 Å². The van der Waals surface area contributed by atoms with Gasteiger partial charge in [0.2, 0.25) is 0 Å². The molecule has 2 N–H and O–H groups in total. The van der Waals surface area contributed by atoms with Gasteiger partial charge in [0.15, 0.2) is 0 Å². The molecule has 5 heteroatoms. The molecule has 0 bridgehead atoms. The largest absolute Gasteiger partial charge is 0.366 e. The minimum atomic E-state index is 0.590. The molecule has 1 fully saturated rings. The first-order valence-electron chi connectivity index (χ1n) is 5.50. The second-order valence-corrected chi connectivity index (χ2v) is 5.05. The maximum absolute atomic E-state index is 6.14. The number of benzene rings is 1. The molecule has 1 aliphatic carbocycles.